The molecule has 1 aliphatic rings. The number of hydrogen-bond donors (Lipinski definition) is 1. The first-order chi connectivity index (χ1) is 10.5. The summed E-state index contributed by atoms with van der Waals surface area (Å²) in [6, 6.07) is 5.07. The van der Waals surface area contributed by atoms with Crippen LogP contribution >= 0.6 is 0 Å². The van der Waals surface area contributed by atoms with Crippen LogP contribution < -0.4 is 10.1 Å². The van der Waals surface area contributed by atoms with Crippen molar-refractivity contribution in [2.24, 2.45) is 5.92 Å². The van der Waals surface area contributed by atoms with Crippen molar-refractivity contribution in [3.05, 3.63) is 48.0 Å². The van der Waals surface area contributed by atoms with Gasteiger partial charge in [-0.25, -0.2) is 9.97 Å². The highest BCUT2D eigenvalue weighted by Crippen LogP contribution is 2.37. The highest BCUT2D eigenvalue weighted by molar-refractivity contribution is 5.38. The topological polar surface area (TPSA) is 47.0 Å². The Kier molecular flexibility index (Phi) is 3.98. The summed E-state index contributed by atoms with van der Waals surface area (Å²) < 4.78 is 43.9. The van der Waals surface area contributed by atoms with Gasteiger partial charge in [0.15, 0.2) is 5.75 Å². The highest BCUT2D eigenvalue weighted by atomic mass is 19.4. The van der Waals surface area contributed by atoms with Crippen molar-refractivity contribution in [2.75, 3.05) is 13.1 Å². The van der Waals surface area contributed by atoms with Crippen LogP contribution in [-0.4, -0.2) is 23.1 Å². The molecule has 0 bridgehead atoms. The van der Waals surface area contributed by atoms with E-state index in [2.05, 4.69) is 15.3 Å². The van der Waals surface area contributed by atoms with Gasteiger partial charge in [-0.15, -0.1) is 0 Å². The van der Waals surface area contributed by atoms with E-state index in [1.165, 1.54) is 30.6 Å². The molecule has 1 fully saturated rings. The van der Waals surface area contributed by atoms with E-state index in [4.69, 9.17) is 4.74 Å². The van der Waals surface area contributed by atoms with Crippen LogP contribution in [0.1, 0.15) is 11.4 Å². The van der Waals surface area contributed by atoms with Crippen LogP contribution in [0.25, 0.3) is 0 Å². The molecule has 0 aliphatic carbocycles. The lowest BCUT2D eigenvalue weighted by molar-refractivity contribution is -0.138. The summed E-state index contributed by atoms with van der Waals surface area (Å²) >= 11 is 0. The van der Waals surface area contributed by atoms with Gasteiger partial charge < -0.3 is 10.1 Å². The number of aromatic nitrogens is 2. The fourth-order valence-electron chi connectivity index (χ4n) is 2.17. The Labute approximate surface area is 125 Å². The van der Waals surface area contributed by atoms with Crippen LogP contribution in [0.3, 0.4) is 0 Å². The molecule has 1 aromatic heterocycles. The Hall–Kier alpha value is -2.15. The molecule has 1 aromatic carbocycles. The number of nitrogens with one attached hydrogen (secondary N) is 1. The Morgan fingerprint density at radius 2 is 1.82 bits per heavy atom. The fourth-order valence-corrected chi connectivity index (χ4v) is 2.17. The lowest BCUT2D eigenvalue weighted by Crippen LogP contribution is -2.43. The minimum absolute atomic E-state index is 0.187. The number of nitrogens with zero attached hydrogens (tertiary/aromatic N) is 2. The monoisotopic (exact) mass is 309 g/mol. The number of benzene rings is 1. The van der Waals surface area contributed by atoms with Crippen molar-refractivity contribution < 1.29 is 17.9 Å². The quantitative estimate of drug-likeness (QED) is 0.943. The zero-order chi connectivity index (χ0) is 15.6. The van der Waals surface area contributed by atoms with Crippen LogP contribution in [0.4, 0.5) is 13.2 Å². The van der Waals surface area contributed by atoms with Crippen molar-refractivity contribution >= 4 is 0 Å². The second-order valence-corrected chi connectivity index (χ2v) is 5.16. The van der Waals surface area contributed by atoms with E-state index < -0.39 is 11.7 Å². The van der Waals surface area contributed by atoms with E-state index in [1.54, 1.807) is 0 Å². The minimum Gasteiger partial charge on any atom is -0.453 e. The van der Waals surface area contributed by atoms with Crippen LogP contribution in [0, 0.1) is 5.92 Å². The molecular weight excluding hydrogens is 295 g/mol. The number of hydrogen-bond acceptors (Lipinski definition) is 4. The number of para-hydroxylation sites is 1. The van der Waals surface area contributed by atoms with Crippen LogP contribution in [-0.2, 0) is 12.6 Å². The molecule has 2 heterocycles. The summed E-state index contributed by atoms with van der Waals surface area (Å²) in [6.07, 6.45) is -0.899. The summed E-state index contributed by atoms with van der Waals surface area (Å²) in [4.78, 5) is 8.29. The lowest BCUT2D eigenvalue weighted by atomic mass is 9.99. The standard InChI is InChI=1S/C15H14F3N3O/c16-15(17,18)12-3-1-2-4-13(12)22-11-8-20-14(21-9-11)5-10-6-19-7-10/h1-4,8-10,19H,5-7H2. The predicted molar refractivity (Wildman–Crippen MR) is 73.6 cm³/mol. The molecule has 4 nitrogen and oxygen atoms in total. The maximum Gasteiger partial charge on any atom is 0.419 e. The molecule has 116 valence electrons. The molecule has 2 aromatic rings. The summed E-state index contributed by atoms with van der Waals surface area (Å²) in [5.41, 5.74) is -0.820. The Morgan fingerprint density at radius 1 is 1.14 bits per heavy atom. The third kappa shape index (κ3) is 3.36. The maximum atomic E-state index is 12.9. The van der Waals surface area contributed by atoms with E-state index >= 15 is 0 Å². The van der Waals surface area contributed by atoms with E-state index in [0.29, 0.717) is 11.7 Å². The average molecular weight is 309 g/mol. The Bertz CT molecular complexity index is 639. The van der Waals surface area contributed by atoms with Crippen molar-refractivity contribution in [2.45, 2.75) is 12.6 Å². The summed E-state index contributed by atoms with van der Waals surface area (Å²) in [5.74, 6) is 1.13. The van der Waals surface area contributed by atoms with Gasteiger partial charge in [-0.2, -0.15) is 13.2 Å². The first-order valence-electron chi connectivity index (χ1n) is 6.88. The van der Waals surface area contributed by atoms with E-state index in [0.717, 1.165) is 25.6 Å². The molecule has 0 atom stereocenters. The summed E-state index contributed by atoms with van der Waals surface area (Å²) in [6.45, 7) is 1.89. The molecule has 0 unspecified atom stereocenters. The number of rotatable bonds is 4. The molecule has 3 rings (SSSR count). The lowest BCUT2D eigenvalue weighted by Gasteiger charge is -2.26. The van der Waals surface area contributed by atoms with Crippen molar-refractivity contribution in [3.8, 4) is 11.5 Å². The fraction of sp³-hybridized carbons (Fsp3) is 0.333. The smallest absolute Gasteiger partial charge is 0.419 e. The molecule has 1 saturated heterocycles. The van der Waals surface area contributed by atoms with Crippen LogP contribution in [0.2, 0.25) is 0 Å². The molecule has 0 amide bonds. The zero-order valence-corrected chi connectivity index (χ0v) is 11.6. The molecule has 1 N–H and O–H groups in total. The SMILES string of the molecule is FC(F)(F)c1ccccc1Oc1cnc(CC2CNC2)nc1. The van der Waals surface area contributed by atoms with Gasteiger partial charge in [0.05, 0.1) is 18.0 Å². The van der Waals surface area contributed by atoms with Crippen molar-refractivity contribution in [1.29, 1.82) is 0 Å². The minimum atomic E-state index is -4.46. The van der Waals surface area contributed by atoms with Gasteiger partial charge in [0.2, 0.25) is 0 Å². The highest BCUT2D eigenvalue weighted by Gasteiger charge is 2.34. The van der Waals surface area contributed by atoms with Gasteiger partial charge in [-0.3, -0.25) is 0 Å². The van der Waals surface area contributed by atoms with Gasteiger partial charge in [-0.05, 0) is 31.1 Å². The summed E-state index contributed by atoms with van der Waals surface area (Å²) in [7, 11) is 0. The van der Waals surface area contributed by atoms with Crippen molar-refractivity contribution in [1.82, 2.24) is 15.3 Å². The van der Waals surface area contributed by atoms with E-state index in [9.17, 15) is 13.2 Å². The largest absolute Gasteiger partial charge is 0.453 e. The third-order valence-corrected chi connectivity index (χ3v) is 3.44. The van der Waals surface area contributed by atoms with Crippen LogP contribution in [0.5, 0.6) is 11.5 Å². The molecule has 0 saturated carbocycles. The van der Waals surface area contributed by atoms with Crippen molar-refractivity contribution in [3.63, 3.8) is 0 Å². The van der Waals surface area contributed by atoms with Gasteiger partial charge in [0.1, 0.15) is 11.6 Å². The molecule has 0 radical (unpaired) electrons. The van der Waals surface area contributed by atoms with Gasteiger partial charge >= 0.3 is 6.18 Å². The van der Waals surface area contributed by atoms with Gasteiger partial charge in [0, 0.05) is 6.42 Å². The first-order valence-corrected chi connectivity index (χ1v) is 6.88. The number of ether oxygens (including phenoxy) is 1. The Balaban J connectivity index is 1.73. The zero-order valence-electron chi connectivity index (χ0n) is 11.6. The number of halogens is 3. The van der Waals surface area contributed by atoms with Gasteiger partial charge in [0.25, 0.3) is 0 Å². The third-order valence-electron chi connectivity index (χ3n) is 3.44. The second kappa shape index (κ2) is 5.92. The molecular formula is C15H14F3N3O. The molecule has 22 heavy (non-hydrogen) atoms. The molecule has 1 aliphatic heterocycles. The van der Waals surface area contributed by atoms with E-state index in [-0.39, 0.29) is 11.5 Å². The predicted octanol–water partition coefficient (Wildman–Crippen LogP) is 3.05. The first kappa shape index (κ1) is 14.8. The average Bonchev–Trinajstić information content (AvgIpc) is 2.44. The normalized spacial score (nSPS) is 15.4. The maximum absolute atomic E-state index is 12.9. The summed E-state index contributed by atoms with van der Waals surface area (Å²) in [5, 5.41) is 3.16. The van der Waals surface area contributed by atoms with E-state index in [1.807, 2.05) is 0 Å². The van der Waals surface area contributed by atoms with Crippen LogP contribution in [0.15, 0.2) is 36.7 Å². The number of alkyl halides is 3. The Morgan fingerprint density at radius 3 is 2.41 bits per heavy atom. The molecule has 7 heteroatoms. The molecule has 0 spiro atoms. The van der Waals surface area contributed by atoms with Gasteiger partial charge in [-0.1, -0.05) is 12.1 Å². The second-order valence-electron chi connectivity index (χ2n) is 5.16.